The average Bonchev–Trinajstić information content (AvgIpc) is 2.21. The van der Waals surface area contributed by atoms with Crippen molar-refractivity contribution >= 4 is 34.7 Å². The van der Waals surface area contributed by atoms with Gasteiger partial charge in [0.1, 0.15) is 6.04 Å². The van der Waals surface area contributed by atoms with Crippen LogP contribution >= 0.6 is 23.2 Å². The van der Waals surface area contributed by atoms with E-state index in [4.69, 9.17) is 34.0 Å². The maximum absolute atomic E-state index is 10.6. The Kier molecular flexibility index (Phi) is 4.35. The molecule has 1 atom stereocenters. The summed E-state index contributed by atoms with van der Waals surface area (Å²) in [5.41, 5.74) is 6.76. The highest BCUT2D eigenvalue weighted by Gasteiger charge is 2.14. The Balaban J connectivity index is 2.81. The summed E-state index contributed by atoms with van der Waals surface area (Å²) in [4.78, 5) is 10.6. The van der Waals surface area contributed by atoms with Gasteiger partial charge in [-0.05, 0) is 29.7 Å². The molecule has 0 aromatic heterocycles. The molecule has 0 saturated carbocycles. The lowest BCUT2D eigenvalue weighted by Gasteiger charge is -2.10. The van der Waals surface area contributed by atoms with Crippen LogP contribution in [0.1, 0.15) is 12.0 Å². The number of carboxylic acid groups (broad SMARTS) is 1. The number of benzene rings is 1. The van der Waals surface area contributed by atoms with Gasteiger partial charge in [-0.3, -0.25) is 4.79 Å². The van der Waals surface area contributed by atoms with E-state index < -0.39 is 12.0 Å². The largest absolute Gasteiger partial charge is 0.480 e. The van der Waals surface area contributed by atoms with Crippen molar-refractivity contribution in [3.63, 3.8) is 0 Å². The fraction of sp³-hybridized carbons (Fsp3) is 0.182. The van der Waals surface area contributed by atoms with Crippen LogP contribution in [0.3, 0.4) is 0 Å². The van der Waals surface area contributed by atoms with Gasteiger partial charge in [-0.15, -0.1) is 0 Å². The van der Waals surface area contributed by atoms with Crippen LogP contribution in [0.5, 0.6) is 0 Å². The lowest BCUT2D eigenvalue weighted by Crippen LogP contribution is -2.30. The van der Waals surface area contributed by atoms with Crippen molar-refractivity contribution in [1.29, 1.82) is 0 Å². The van der Waals surface area contributed by atoms with E-state index in [1.807, 2.05) is 0 Å². The number of rotatable bonds is 4. The van der Waals surface area contributed by atoms with Gasteiger partial charge >= 0.3 is 5.97 Å². The first-order chi connectivity index (χ1) is 7.41. The number of halogens is 2. The predicted octanol–water partition coefficient (Wildman–Crippen LogP) is 2.81. The summed E-state index contributed by atoms with van der Waals surface area (Å²) >= 11 is 11.6. The van der Waals surface area contributed by atoms with Crippen LogP contribution in [0.4, 0.5) is 0 Å². The number of carboxylic acids is 1. The highest BCUT2D eigenvalue weighted by Crippen LogP contribution is 2.27. The Hall–Kier alpha value is -1.03. The summed E-state index contributed by atoms with van der Waals surface area (Å²) in [6, 6.07) is 4.05. The van der Waals surface area contributed by atoms with E-state index in [1.54, 1.807) is 18.2 Å². The fourth-order valence-electron chi connectivity index (χ4n) is 1.19. The highest BCUT2D eigenvalue weighted by molar-refractivity contribution is 6.42. The van der Waals surface area contributed by atoms with Gasteiger partial charge in [0, 0.05) is 0 Å². The number of carbonyl (C=O) groups is 1. The zero-order valence-electron chi connectivity index (χ0n) is 8.41. The van der Waals surface area contributed by atoms with Crippen LogP contribution in [0.15, 0.2) is 24.8 Å². The van der Waals surface area contributed by atoms with Crippen LogP contribution in [0, 0.1) is 0 Å². The van der Waals surface area contributed by atoms with Crippen LogP contribution < -0.4 is 5.73 Å². The standard InChI is InChI=1S/C11H11Cl2NO2/c1-6(4-10(14)11(15)16)7-2-3-8(12)9(13)5-7/h2-3,5,10H,1,4,14H2,(H,15,16). The summed E-state index contributed by atoms with van der Waals surface area (Å²) in [5.74, 6) is -1.05. The van der Waals surface area contributed by atoms with E-state index in [1.165, 1.54) is 0 Å². The molecule has 0 aliphatic heterocycles. The molecule has 16 heavy (non-hydrogen) atoms. The van der Waals surface area contributed by atoms with Crippen LogP contribution in [-0.2, 0) is 4.79 Å². The molecule has 0 saturated heterocycles. The van der Waals surface area contributed by atoms with Gasteiger partial charge in [-0.1, -0.05) is 35.8 Å². The van der Waals surface area contributed by atoms with Crippen molar-refractivity contribution in [3.05, 3.63) is 40.4 Å². The minimum Gasteiger partial charge on any atom is -0.480 e. The molecular formula is C11H11Cl2NO2. The fourth-order valence-corrected chi connectivity index (χ4v) is 1.48. The molecular weight excluding hydrogens is 249 g/mol. The first kappa shape index (κ1) is 13.0. The molecule has 1 aromatic carbocycles. The predicted molar refractivity (Wildman–Crippen MR) is 65.7 cm³/mol. The molecule has 1 rings (SSSR count). The van der Waals surface area contributed by atoms with Crippen molar-refractivity contribution in [1.82, 2.24) is 0 Å². The summed E-state index contributed by atoms with van der Waals surface area (Å²) in [6.07, 6.45) is 0.174. The van der Waals surface area contributed by atoms with Gasteiger partial charge in [0.15, 0.2) is 0 Å². The Bertz CT molecular complexity index is 432. The molecule has 0 aliphatic carbocycles. The molecule has 3 N–H and O–H groups in total. The van der Waals surface area contributed by atoms with Crippen LogP contribution in [0.2, 0.25) is 10.0 Å². The minimum atomic E-state index is -1.05. The van der Waals surface area contributed by atoms with E-state index in [0.717, 1.165) is 5.56 Å². The highest BCUT2D eigenvalue weighted by atomic mass is 35.5. The zero-order chi connectivity index (χ0) is 12.3. The molecule has 0 fully saturated rings. The zero-order valence-corrected chi connectivity index (χ0v) is 9.92. The molecule has 1 aromatic rings. The normalized spacial score (nSPS) is 12.2. The summed E-state index contributed by atoms with van der Waals surface area (Å²) in [5, 5.41) is 9.52. The molecule has 0 aliphatic rings. The monoisotopic (exact) mass is 259 g/mol. The van der Waals surface area contributed by atoms with Crippen molar-refractivity contribution in [2.45, 2.75) is 12.5 Å². The van der Waals surface area contributed by atoms with E-state index in [-0.39, 0.29) is 6.42 Å². The Morgan fingerprint density at radius 1 is 1.44 bits per heavy atom. The minimum absolute atomic E-state index is 0.174. The number of nitrogens with two attached hydrogens (primary N) is 1. The Morgan fingerprint density at radius 3 is 2.56 bits per heavy atom. The van der Waals surface area contributed by atoms with E-state index >= 15 is 0 Å². The van der Waals surface area contributed by atoms with Crippen molar-refractivity contribution in [2.75, 3.05) is 0 Å². The molecule has 0 amide bonds. The molecule has 0 spiro atoms. The van der Waals surface area contributed by atoms with Crippen LogP contribution in [0.25, 0.3) is 5.57 Å². The topological polar surface area (TPSA) is 63.3 Å². The molecule has 86 valence electrons. The van der Waals surface area contributed by atoms with Gasteiger partial charge in [-0.2, -0.15) is 0 Å². The smallest absolute Gasteiger partial charge is 0.320 e. The van der Waals surface area contributed by atoms with Gasteiger partial charge in [-0.25, -0.2) is 0 Å². The first-order valence-electron chi connectivity index (χ1n) is 4.53. The van der Waals surface area contributed by atoms with Gasteiger partial charge in [0.05, 0.1) is 10.0 Å². The van der Waals surface area contributed by atoms with E-state index in [9.17, 15) is 4.79 Å². The maximum Gasteiger partial charge on any atom is 0.320 e. The molecule has 5 heteroatoms. The number of aliphatic carboxylic acids is 1. The molecule has 3 nitrogen and oxygen atoms in total. The maximum atomic E-state index is 10.6. The quantitative estimate of drug-likeness (QED) is 0.874. The van der Waals surface area contributed by atoms with Crippen LogP contribution in [-0.4, -0.2) is 17.1 Å². The SMILES string of the molecule is C=C(CC(N)C(=O)O)c1ccc(Cl)c(Cl)c1. The van der Waals surface area contributed by atoms with Crippen molar-refractivity contribution in [2.24, 2.45) is 5.73 Å². The lowest BCUT2D eigenvalue weighted by atomic mass is 10.0. The summed E-state index contributed by atoms with van der Waals surface area (Å²) in [6.45, 7) is 3.77. The third-order valence-corrected chi connectivity index (χ3v) is 2.85. The molecule has 0 radical (unpaired) electrons. The molecule has 0 bridgehead atoms. The first-order valence-corrected chi connectivity index (χ1v) is 5.29. The van der Waals surface area contributed by atoms with Gasteiger partial charge < -0.3 is 10.8 Å². The number of hydrogen-bond acceptors (Lipinski definition) is 2. The summed E-state index contributed by atoms with van der Waals surface area (Å²) in [7, 11) is 0. The lowest BCUT2D eigenvalue weighted by molar-refractivity contribution is -0.138. The van der Waals surface area contributed by atoms with Gasteiger partial charge in [0.2, 0.25) is 0 Å². The Labute approximate surface area is 103 Å². The third-order valence-electron chi connectivity index (χ3n) is 2.11. The second-order valence-electron chi connectivity index (χ2n) is 3.38. The third kappa shape index (κ3) is 3.23. The van der Waals surface area contributed by atoms with E-state index in [0.29, 0.717) is 15.6 Å². The Morgan fingerprint density at radius 2 is 2.06 bits per heavy atom. The van der Waals surface area contributed by atoms with Crippen molar-refractivity contribution in [3.8, 4) is 0 Å². The molecule has 0 heterocycles. The second-order valence-corrected chi connectivity index (χ2v) is 4.20. The van der Waals surface area contributed by atoms with Crippen molar-refractivity contribution < 1.29 is 9.90 Å². The molecule has 1 unspecified atom stereocenters. The number of hydrogen-bond donors (Lipinski definition) is 2. The second kappa shape index (κ2) is 5.34. The van der Waals surface area contributed by atoms with E-state index in [2.05, 4.69) is 6.58 Å². The summed E-state index contributed by atoms with van der Waals surface area (Å²) < 4.78 is 0. The van der Waals surface area contributed by atoms with Gasteiger partial charge in [0.25, 0.3) is 0 Å². The average molecular weight is 260 g/mol.